The maximum Gasteiger partial charge on any atom is 0.326 e. The Morgan fingerprint density at radius 3 is 2.30 bits per heavy atom. The van der Waals surface area contributed by atoms with E-state index in [-0.39, 0.29) is 31.5 Å². The number of esters is 1. The first-order valence-corrected chi connectivity index (χ1v) is 11.2. The third-order valence-corrected chi connectivity index (χ3v) is 5.74. The molecule has 7 heteroatoms. The molecule has 1 aliphatic heterocycles. The number of anilines is 2. The van der Waals surface area contributed by atoms with Crippen LogP contribution in [0.25, 0.3) is 0 Å². The summed E-state index contributed by atoms with van der Waals surface area (Å²) in [5, 5.41) is 0. The van der Waals surface area contributed by atoms with E-state index in [9.17, 15) is 14.4 Å². The van der Waals surface area contributed by atoms with Crippen LogP contribution in [-0.2, 0) is 20.1 Å². The van der Waals surface area contributed by atoms with E-state index >= 15 is 0 Å². The van der Waals surface area contributed by atoms with E-state index in [1.165, 1.54) is 9.80 Å². The van der Waals surface area contributed by atoms with Gasteiger partial charge in [-0.1, -0.05) is 12.1 Å². The molecular formula is C23H26N2O4S. The van der Waals surface area contributed by atoms with E-state index in [0.717, 1.165) is 22.4 Å². The molecule has 1 aliphatic rings. The lowest BCUT2D eigenvalue weighted by atomic mass is 10.0. The van der Waals surface area contributed by atoms with E-state index < -0.39 is 5.97 Å². The van der Waals surface area contributed by atoms with Crippen LogP contribution in [0.15, 0.2) is 36.4 Å². The van der Waals surface area contributed by atoms with Gasteiger partial charge < -0.3 is 4.74 Å². The van der Waals surface area contributed by atoms with Crippen LogP contribution in [-0.4, -0.2) is 43.7 Å². The summed E-state index contributed by atoms with van der Waals surface area (Å²) in [5.74, 6) is -0.148. The van der Waals surface area contributed by atoms with Crippen LogP contribution < -0.4 is 9.80 Å². The highest BCUT2D eigenvalue weighted by Gasteiger charge is 2.34. The molecule has 0 aromatic heterocycles. The van der Waals surface area contributed by atoms with Crippen molar-refractivity contribution < 1.29 is 19.1 Å². The van der Waals surface area contributed by atoms with Gasteiger partial charge in [0, 0.05) is 11.3 Å². The number of rotatable bonds is 6. The molecule has 2 aromatic rings. The SMILES string of the molecule is CCOC(=O)CN1C(=O)CN(C(=O)c2ccc(CSC)cc2)c2cc(C)c(C)cc21. The second-order valence-corrected chi connectivity index (χ2v) is 8.10. The fraction of sp³-hybridized carbons (Fsp3) is 0.348. The smallest absolute Gasteiger partial charge is 0.326 e. The fourth-order valence-electron chi connectivity index (χ4n) is 3.41. The third-order valence-electron chi connectivity index (χ3n) is 5.12. The zero-order valence-corrected chi connectivity index (χ0v) is 18.5. The normalized spacial score (nSPS) is 13.3. The van der Waals surface area contributed by atoms with Crippen LogP contribution in [0.4, 0.5) is 11.4 Å². The molecule has 158 valence electrons. The van der Waals surface area contributed by atoms with Crippen molar-refractivity contribution in [1.29, 1.82) is 0 Å². The number of benzene rings is 2. The number of amides is 2. The van der Waals surface area contributed by atoms with Crippen molar-refractivity contribution >= 4 is 40.9 Å². The van der Waals surface area contributed by atoms with Gasteiger partial charge in [0.1, 0.15) is 13.1 Å². The van der Waals surface area contributed by atoms with Gasteiger partial charge in [0.15, 0.2) is 0 Å². The lowest BCUT2D eigenvalue weighted by molar-refractivity contribution is -0.142. The van der Waals surface area contributed by atoms with E-state index in [1.807, 2.05) is 44.4 Å². The van der Waals surface area contributed by atoms with Crippen LogP contribution >= 0.6 is 11.8 Å². The number of hydrogen-bond acceptors (Lipinski definition) is 5. The van der Waals surface area contributed by atoms with Crippen LogP contribution in [0.1, 0.15) is 34.0 Å². The van der Waals surface area contributed by atoms with E-state index in [1.54, 1.807) is 30.8 Å². The molecule has 0 fully saturated rings. The first-order chi connectivity index (χ1) is 14.3. The second-order valence-electron chi connectivity index (χ2n) is 7.23. The highest BCUT2D eigenvalue weighted by Crippen LogP contribution is 2.37. The Labute approximate surface area is 181 Å². The number of aryl methyl sites for hydroxylation is 2. The average molecular weight is 427 g/mol. The van der Waals surface area contributed by atoms with Gasteiger partial charge in [-0.15, -0.1) is 0 Å². The topological polar surface area (TPSA) is 66.9 Å². The Kier molecular flexibility index (Phi) is 6.82. The Morgan fingerprint density at radius 1 is 1.07 bits per heavy atom. The summed E-state index contributed by atoms with van der Waals surface area (Å²) in [6.07, 6.45) is 2.03. The summed E-state index contributed by atoms with van der Waals surface area (Å²) in [5.41, 5.74) is 4.82. The number of thioether (sulfide) groups is 1. The fourth-order valence-corrected chi connectivity index (χ4v) is 3.94. The van der Waals surface area contributed by atoms with Gasteiger partial charge in [0.05, 0.1) is 18.0 Å². The largest absolute Gasteiger partial charge is 0.465 e. The monoisotopic (exact) mass is 426 g/mol. The maximum absolute atomic E-state index is 13.3. The summed E-state index contributed by atoms with van der Waals surface area (Å²) >= 11 is 1.72. The molecule has 30 heavy (non-hydrogen) atoms. The van der Waals surface area contributed by atoms with Gasteiger partial charge in [-0.3, -0.25) is 24.2 Å². The molecule has 0 aliphatic carbocycles. The first kappa shape index (κ1) is 21.9. The van der Waals surface area contributed by atoms with Gasteiger partial charge in [0.2, 0.25) is 5.91 Å². The van der Waals surface area contributed by atoms with E-state index in [4.69, 9.17) is 4.74 Å². The van der Waals surface area contributed by atoms with E-state index in [2.05, 4.69) is 0 Å². The summed E-state index contributed by atoms with van der Waals surface area (Å²) in [6.45, 7) is 5.57. The molecule has 0 spiro atoms. The zero-order chi connectivity index (χ0) is 21.8. The third kappa shape index (κ3) is 4.51. The molecule has 0 N–H and O–H groups in total. The minimum atomic E-state index is -0.473. The first-order valence-electron chi connectivity index (χ1n) is 9.82. The Morgan fingerprint density at radius 2 is 1.70 bits per heavy atom. The Balaban J connectivity index is 1.98. The van der Waals surface area contributed by atoms with Gasteiger partial charge in [-0.25, -0.2) is 0 Å². The van der Waals surface area contributed by atoms with Gasteiger partial charge in [-0.2, -0.15) is 11.8 Å². The highest BCUT2D eigenvalue weighted by atomic mass is 32.2. The molecule has 0 unspecified atom stereocenters. The molecule has 0 bridgehead atoms. The zero-order valence-electron chi connectivity index (χ0n) is 17.7. The van der Waals surface area contributed by atoms with Gasteiger partial charge in [0.25, 0.3) is 5.91 Å². The van der Waals surface area contributed by atoms with Crippen LogP contribution in [0, 0.1) is 13.8 Å². The van der Waals surface area contributed by atoms with Crippen molar-refractivity contribution in [2.24, 2.45) is 0 Å². The molecule has 0 saturated heterocycles. The molecule has 2 amide bonds. The Bertz CT molecular complexity index is 972. The minimum absolute atomic E-state index is 0.125. The molecule has 1 heterocycles. The maximum atomic E-state index is 13.3. The van der Waals surface area contributed by atoms with Crippen molar-refractivity contribution in [2.45, 2.75) is 26.5 Å². The van der Waals surface area contributed by atoms with Crippen molar-refractivity contribution in [1.82, 2.24) is 0 Å². The van der Waals surface area contributed by atoms with Crippen LogP contribution in [0.2, 0.25) is 0 Å². The van der Waals surface area contributed by atoms with Crippen molar-refractivity contribution in [3.8, 4) is 0 Å². The molecular weight excluding hydrogens is 400 g/mol. The number of ether oxygens (including phenoxy) is 1. The van der Waals surface area contributed by atoms with Crippen molar-refractivity contribution in [2.75, 3.05) is 35.8 Å². The average Bonchev–Trinajstić information content (AvgIpc) is 2.72. The predicted octanol–water partition coefficient (Wildman–Crippen LogP) is 3.72. The lowest BCUT2D eigenvalue weighted by Crippen LogP contribution is -2.50. The number of nitrogens with zero attached hydrogens (tertiary/aromatic N) is 2. The van der Waals surface area contributed by atoms with Crippen molar-refractivity contribution in [3.05, 3.63) is 58.7 Å². The number of hydrogen-bond donors (Lipinski definition) is 0. The lowest BCUT2D eigenvalue weighted by Gasteiger charge is -2.36. The van der Waals surface area contributed by atoms with Crippen LogP contribution in [0.3, 0.4) is 0 Å². The van der Waals surface area contributed by atoms with Crippen LogP contribution in [0.5, 0.6) is 0 Å². The summed E-state index contributed by atoms with van der Waals surface area (Å²) in [6, 6.07) is 11.2. The molecule has 3 rings (SSSR count). The molecule has 0 atom stereocenters. The molecule has 6 nitrogen and oxygen atoms in total. The van der Waals surface area contributed by atoms with Gasteiger partial charge >= 0.3 is 5.97 Å². The predicted molar refractivity (Wildman–Crippen MR) is 120 cm³/mol. The molecule has 2 aromatic carbocycles. The number of carbonyl (C=O) groups excluding carboxylic acids is 3. The van der Waals surface area contributed by atoms with Gasteiger partial charge in [-0.05, 0) is 68.0 Å². The summed E-state index contributed by atoms with van der Waals surface area (Å²) < 4.78 is 5.02. The number of fused-ring (bicyclic) bond motifs is 1. The van der Waals surface area contributed by atoms with Crippen molar-refractivity contribution in [3.63, 3.8) is 0 Å². The molecule has 0 saturated carbocycles. The second kappa shape index (κ2) is 9.34. The summed E-state index contributed by atoms with van der Waals surface area (Å²) in [4.78, 5) is 41.1. The standard InChI is InChI=1S/C23H26N2O4S/c1-5-29-22(27)13-24-19-10-15(2)16(3)11-20(19)25(12-21(24)26)23(28)18-8-6-17(7-9-18)14-30-4/h6-11H,5,12-14H2,1-4H3. The summed E-state index contributed by atoms with van der Waals surface area (Å²) in [7, 11) is 0. The minimum Gasteiger partial charge on any atom is -0.465 e. The van der Waals surface area contributed by atoms with E-state index in [0.29, 0.717) is 16.9 Å². The quantitative estimate of drug-likeness (QED) is 0.659. The number of carbonyl (C=O) groups is 3. The molecule has 0 radical (unpaired) electrons. The highest BCUT2D eigenvalue weighted by molar-refractivity contribution is 7.97. The Hall–Kier alpha value is -2.80.